The summed E-state index contributed by atoms with van der Waals surface area (Å²) < 4.78 is 0. The molecule has 7 heteroatoms. The Morgan fingerprint density at radius 2 is 2.17 bits per heavy atom. The number of nitrogens with zero attached hydrogens (tertiary/aromatic N) is 4. The van der Waals surface area contributed by atoms with Gasteiger partial charge in [0.25, 0.3) is 5.95 Å². The lowest BCUT2D eigenvalue weighted by atomic mass is 10.8. The van der Waals surface area contributed by atoms with Crippen LogP contribution in [-0.2, 0) is 4.84 Å². The van der Waals surface area contributed by atoms with Crippen molar-refractivity contribution in [1.82, 2.24) is 15.0 Å². The molecule has 1 aromatic heterocycles. The number of anilines is 1. The van der Waals surface area contributed by atoms with Crippen molar-refractivity contribution in [2.75, 3.05) is 12.2 Å². The number of aromatic nitrogens is 3. The third-order valence-corrected chi connectivity index (χ3v) is 1.06. The highest BCUT2D eigenvalue weighted by atomic mass is 16.7. The van der Waals surface area contributed by atoms with Crippen LogP contribution in [0.2, 0.25) is 0 Å². The monoisotopic (exact) mass is 168 g/mol. The molecule has 0 amide bonds. The fourth-order valence-corrected chi connectivity index (χ4v) is 0.626. The minimum absolute atomic E-state index is 0.181. The second kappa shape index (κ2) is 3.58. The first-order valence-electron chi connectivity index (χ1n) is 3.06. The quantitative estimate of drug-likeness (QED) is 0.338. The zero-order chi connectivity index (χ0) is 8.97. The lowest BCUT2D eigenvalue weighted by Gasteiger charge is -2.15. The molecule has 1 aromatic rings. The molecule has 12 heavy (non-hydrogen) atoms. The fourth-order valence-electron chi connectivity index (χ4n) is 0.626. The van der Waals surface area contributed by atoms with Crippen molar-refractivity contribution in [3.8, 4) is 0 Å². The summed E-state index contributed by atoms with van der Waals surface area (Å²) in [7, 11) is 1.37. The predicted octanol–water partition coefficient (Wildman–Crippen LogP) is -0.867. The van der Waals surface area contributed by atoms with Crippen molar-refractivity contribution in [1.29, 1.82) is 5.41 Å². The van der Waals surface area contributed by atoms with Gasteiger partial charge >= 0.3 is 0 Å². The van der Waals surface area contributed by atoms with E-state index in [4.69, 9.17) is 16.0 Å². The molecule has 0 saturated heterocycles. The van der Waals surface area contributed by atoms with Crippen LogP contribution in [-0.4, -0.2) is 28.0 Å². The van der Waals surface area contributed by atoms with E-state index in [1.807, 2.05) is 0 Å². The Hall–Kier alpha value is -1.76. The Morgan fingerprint density at radius 1 is 1.58 bits per heavy atom. The Kier molecular flexibility index (Phi) is 2.49. The molecule has 0 aromatic carbocycles. The lowest BCUT2D eigenvalue weighted by molar-refractivity contribution is 0.204. The molecule has 0 aliphatic rings. The third-order valence-electron chi connectivity index (χ3n) is 1.06. The Labute approximate surface area is 68.7 Å². The van der Waals surface area contributed by atoms with Crippen molar-refractivity contribution < 1.29 is 4.84 Å². The molecule has 0 spiro atoms. The number of nitrogens with one attached hydrogen (secondary N) is 1. The number of hydrogen-bond acceptors (Lipinski definition) is 5. The van der Waals surface area contributed by atoms with Crippen molar-refractivity contribution >= 4 is 11.9 Å². The van der Waals surface area contributed by atoms with Crippen LogP contribution in [0, 0.1) is 5.41 Å². The van der Waals surface area contributed by atoms with Gasteiger partial charge in [-0.25, -0.2) is 4.98 Å². The molecule has 0 radical (unpaired) electrons. The highest BCUT2D eigenvalue weighted by molar-refractivity contribution is 5.88. The van der Waals surface area contributed by atoms with E-state index in [0.717, 1.165) is 5.06 Å². The van der Waals surface area contributed by atoms with Gasteiger partial charge < -0.3 is 5.73 Å². The summed E-state index contributed by atoms with van der Waals surface area (Å²) in [5.41, 5.74) is 5.16. The van der Waals surface area contributed by atoms with E-state index >= 15 is 0 Å². The topological polar surface area (TPSA) is 101 Å². The second-order valence-electron chi connectivity index (χ2n) is 1.80. The van der Waals surface area contributed by atoms with Gasteiger partial charge in [0.15, 0.2) is 0 Å². The summed E-state index contributed by atoms with van der Waals surface area (Å²) in [6, 6.07) is 0. The van der Waals surface area contributed by atoms with E-state index in [9.17, 15) is 0 Å². The fraction of sp³-hybridized carbons (Fsp3) is 0.200. The van der Waals surface area contributed by atoms with E-state index in [0.29, 0.717) is 0 Å². The first-order valence-corrected chi connectivity index (χ1v) is 3.06. The molecule has 0 atom stereocenters. The maximum atomic E-state index is 7.07. The van der Waals surface area contributed by atoms with Crippen LogP contribution in [0.25, 0.3) is 0 Å². The Bertz CT molecular complexity index is 262. The zero-order valence-electron chi connectivity index (χ0n) is 6.43. The van der Waals surface area contributed by atoms with Gasteiger partial charge in [-0.05, 0) is 0 Å². The average molecular weight is 168 g/mol. The van der Waals surface area contributed by atoms with Crippen molar-refractivity contribution in [2.24, 2.45) is 5.73 Å². The average Bonchev–Trinajstić information content (AvgIpc) is 2.07. The third kappa shape index (κ3) is 1.64. The van der Waals surface area contributed by atoms with Gasteiger partial charge in [-0.2, -0.15) is 15.0 Å². The summed E-state index contributed by atoms with van der Waals surface area (Å²) in [5, 5.41) is 8.04. The zero-order valence-corrected chi connectivity index (χ0v) is 6.43. The van der Waals surface area contributed by atoms with Crippen LogP contribution in [0.15, 0.2) is 12.7 Å². The molecular weight excluding hydrogens is 160 g/mol. The minimum atomic E-state index is -0.288. The Balaban J connectivity index is 2.88. The van der Waals surface area contributed by atoms with Crippen molar-refractivity contribution in [3.63, 3.8) is 0 Å². The standard InChI is InChI=1S/C5H8N6O/c1-12-11(4(6)7)5-9-2-8-3-10-5/h2-3H,1H3,(H3,6,7). The molecule has 7 nitrogen and oxygen atoms in total. The predicted molar refractivity (Wildman–Crippen MR) is 41.2 cm³/mol. The Morgan fingerprint density at radius 3 is 2.58 bits per heavy atom. The van der Waals surface area contributed by atoms with Gasteiger partial charge in [-0.3, -0.25) is 10.2 Å². The summed E-state index contributed by atoms with van der Waals surface area (Å²) in [6.45, 7) is 0. The van der Waals surface area contributed by atoms with Crippen LogP contribution in [0.3, 0.4) is 0 Å². The molecule has 0 aliphatic heterocycles. The van der Waals surface area contributed by atoms with Gasteiger partial charge in [0.1, 0.15) is 12.7 Å². The van der Waals surface area contributed by atoms with E-state index in [1.54, 1.807) is 0 Å². The maximum absolute atomic E-state index is 7.07. The molecule has 0 bridgehead atoms. The number of hydroxylamine groups is 1. The summed E-state index contributed by atoms with van der Waals surface area (Å²) in [5.74, 6) is -0.108. The normalized spacial score (nSPS) is 9.42. The molecule has 1 rings (SSSR count). The number of guanidine groups is 1. The van der Waals surface area contributed by atoms with Crippen LogP contribution in [0.5, 0.6) is 0 Å². The minimum Gasteiger partial charge on any atom is -0.368 e. The number of rotatable bonds is 2. The summed E-state index contributed by atoms with van der Waals surface area (Å²) >= 11 is 0. The van der Waals surface area contributed by atoms with E-state index < -0.39 is 0 Å². The van der Waals surface area contributed by atoms with E-state index in [1.165, 1.54) is 19.8 Å². The smallest absolute Gasteiger partial charge is 0.260 e. The largest absolute Gasteiger partial charge is 0.368 e. The maximum Gasteiger partial charge on any atom is 0.260 e. The first-order chi connectivity index (χ1) is 5.75. The molecule has 0 unspecified atom stereocenters. The summed E-state index contributed by atoms with van der Waals surface area (Å²) in [4.78, 5) is 15.8. The van der Waals surface area contributed by atoms with E-state index in [-0.39, 0.29) is 11.9 Å². The van der Waals surface area contributed by atoms with Crippen molar-refractivity contribution in [2.45, 2.75) is 0 Å². The van der Waals surface area contributed by atoms with Crippen LogP contribution < -0.4 is 10.8 Å². The van der Waals surface area contributed by atoms with Crippen LogP contribution in [0.1, 0.15) is 0 Å². The van der Waals surface area contributed by atoms with Crippen LogP contribution >= 0.6 is 0 Å². The van der Waals surface area contributed by atoms with Gasteiger partial charge in [-0.15, -0.1) is 0 Å². The van der Waals surface area contributed by atoms with Crippen LogP contribution in [0.4, 0.5) is 5.95 Å². The van der Waals surface area contributed by atoms with Gasteiger partial charge in [0.05, 0.1) is 7.11 Å². The van der Waals surface area contributed by atoms with E-state index in [2.05, 4.69) is 15.0 Å². The molecule has 1 heterocycles. The first kappa shape index (κ1) is 8.34. The highest BCUT2D eigenvalue weighted by Crippen LogP contribution is 2.01. The molecule has 0 aliphatic carbocycles. The van der Waals surface area contributed by atoms with Gasteiger partial charge in [0, 0.05) is 0 Å². The molecule has 3 N–H and O–H groups in total. The highest BCUT2D eigenvalue weighted by Gasteiger charge is 2.10. The van der Waals surface area contributed by atoms with Crippen molar-refractivity contribution in [3.05, 3.63) is 12.7 Å². The molecule has 64 valence electrons. The van der Waals surface area contributed by atoms with Gasteiger partial charge in [0.2, 0.25) is 5.96 Å². The number of hydrogen-bond donors (Lipinski definition) is 2. The molecule has 0 saturated carbocycles. The lowest BCUT2D eigenvalue weighted by Crippen LogP contribution is -2.36. The molecule has 0 fully saturated rings. The molecular formula is C5H8N6O. The second-order valence-corrected chi connectivity index (χ2v) is 1.80. The van der Waals surface area contributed by atoms with Gasteiger partial charge in [-0.1, -0.05) is 0 Å². The number of nitrogens with two attached hydrogens (primary N) is 1. The summed E-state index contributed by atoms with van der Waals surface area (Å²) in [6.07, 6.45) is 2.58. The SMILES string of the molecule is CON(C(=N)N)c1ncncn1.